The maximum atomic E-state index is 14.9. The molecule has 3 aliphatic rings. The largest absolute Gasteiger partial charge is 0.351 e. The quantitative estimate of drug-likeness (QED) is 0.186. The molecular weight excluding hydrogens is 745 g/mol. The summed E-state index contributed by atoms with van der Waals surface area (Å²) in [5, 5.41) is 11.5. The number of halogens is 2. The monoisotopic (exact) mass is 785 g/mol. The van der Waals surface area contributed by atoms with Gasteiger partial charge < -0.3 is 5.32 Å². The summed E-state index contributed by atoms with van der Waals surface area (Å²) in [7, 11) is -2.04. The number of carbonyl (C=O) groups is 2. The Balaban J connectivity index is 0.870. The Hall–Kier alpha value is -4.96. The molecule has 3 amide bonds. The van der Waals surface area contributed by atoms with E-state index in [0.29, 0.717) is 47.7 Å². The zero-order chi connectivity index (χ0) is 38.3. The molecule has 3 aliphatic heterocycles. The fraction of sp³-hybridized carbons (Fsp3) is 0.359. The molecular formula is C39H41ClFN9O4S. The van der Waals surface area contributed by atoms with Gasteiger partial charge in [-0.25, -0.2) is 27.6 Å². The molecule has 5 aromatic rings. The molecule has 55 heavy (non-hydrogen) atoms. The second-order valence-electron chi connectivity index (χ2n) is 14.4. The number of hydrogen-bond donors (Lipinski definition) is 2. The smallest absolute Gasteiger partial charge is 0.329 e. The number of nitrogens with zero attached hydrogens (tertiary/aromatic N) is 7. The van der Waals surface area contributed by atoms with Crippen molar-refractivity contribution in [3.8, 4) is 11.1 Å². The van der Waals surface area contributed by atoms with Crippen LogP contribution in [0.3, 0.4) is 0 Å². The van der Waals surface area contributed by atoms with E-state index in [1.54, 1.807) is 10.7 Å². The van der Waals surface area contributed by atoms with Crippen LogP contribution >= 0.6 is 11.6 Å². The van der Waals surface area contributed by atoms with Crippen LogP contribution in [0.25, 0.3) is 22.0 Å². The third kappa shape index (κ3) is 7.92. The van der Waals surface area contributed by atoms with Gasteiger partial charge in [-0.1, -0.05) is 41.9 Å². The molecule has 2 N–H and O–H groups in total. The maximum Gasteiger partial charge on any atom is 0.329 e. The SMILES string of the molecule is Cn1nc(N2CCC(=O)NC2=O)c2ccc(C3CCN(Cc4ccc(-c5cc(F)cc(S(=O)(=O)N6CCC(Nc7ncc(Cl)cn7)CC6)c5)cc4)CC3)cc21. The van der Waals surface area contributed by atoms with E-state index in [1.165, 1.54) is 33.2 Å². The Bertz CT molecular complexity index is 2340. The lowest BCUT2D eigenvalue weighted by Gasteiger charge is -2.32. The number of imide groups is 1. The van der Waals surface area contributed by atoms with Gasteiger partial charge in [0.1, 0.15) is 5.82 Å². The van der Waals surface area contributed by atoms with E-state index >= 15 is 0 Å². The number of likely N-dealkylation sites (tertiary alicyclic amines) is 1. The number of rotatable bonds is 9. The van der Waals surface area contributed by atoms with Crippen LogP contribution in [0.4, 0.5) is 21.0 Å². The summed E-state index contributed by atoms with van der Waals surface area (Å²) < 4.78 is 45.4. The summed E-state index contributed by atoms with van der Waals surface area (Å²) in [4.78, 5) is 36.3. The van der Waals surface area contributed by atoms with Crippen LogP contribution < -0.4 is 15.5 Å². The van der Waals surface area contributed by atoms with Gasteiger partial charge in [0.2, 0.25) is 21.9 Å². The molecule has 5 heterocycles. The molecule has 286 valence electrons. The Labute approximate surface area is 323 Å². The summed E-state index contributed by atoms with van der Waals surface area (Å²) in [6.07, 6.45) is 6.36. The number of carbonyl (C=O) groups excluding carboxylic acids is 2. The summed E-state index contributed by atoms with van der Waals surface area (Å²) in [6, 6.07) is 17.8. The Morgan fingerprint density at radius 2 is 1.62 bits per heavy atom. The average Bonchev–Trinajstić information content (AvgIpc) is 3.51. The minimum absolute atomic E-state index is 0.00486. The lowest BCUT2D eigenvalue weighted by molar-refractivity contribution is -0.120. The minimum atomic E-state index is -3.91. The van der Waals surface area contributed by atoms with Crippen molar-refractivity contribution in [1.82, 2.24) is 34.3 Å². The van der Waals surface area contributed by atoms with Crippen LogP contribution in [0, 0.1) is 5.82 Å². The molecule has 3 aromatic carbocycles. The first-order valence-corrected chi connectivity index (χ1v) is 20.3. The number of benzene rings is 3. The molecule has 0 radical (unpaired) electrons. The molecule has 0 bridgehead atoms. The van der Waals surface area contributed by atoms with Crippen molar-refractivity contribution in [1.29, 1.82) is 0 Å². The van der Waals surface area contributed by atoms with Crippen LogP contribution in [0.15, 0.2) is 78.0 Å². The highest BCUT2D eigenvalue weighted by atomic mass is 35.5. The van der Waals surface area contributed by atoms with E-state index in [1.807, 2.05) is 37.4 Å². The van der Waals surface area contributed by atoms with Gasteiger partial charge >= 0.3 is 6.03 Å². The highest BCUT2D eigenvalue weighted by molar-refractivity contribution is 7.89. The maximum absolute atomic E-state index is 14.9. The molecule has 3 saturated heterocycles. The van der Waals surface area contributed by atoms with Crippen molar-refractivity contribution in [3.63, 3.8) is 0 Å². The van der Waals surface area contributed by atoms with Crippen molar-refractivity contribution in [2.24, 2.45) is 7.05 Å². The molecule has 16 heteroatoms. The van der Waals surface area contributed by atoms with Gasteiger partial charge in [0.15, 0.2) is 5.82 Å². The van der Waals surface area contributed by atoms with Crippen molar-refractivity contribution in [3.05, 3.63) is 95.0 Å². The van der Waals surface area contributed by atoms with Gasteiger partial charge in [-0.2, -0.15) is 9.40 Å². The van der Waals surface area contributed by atoms with Crippen LogP contribution in [0.5, 0.6) is 0 Å². The second-order valence-corrected chi connectivity index (χ2v) is 16.8. The summed E-state index contributed by atoms with van der Waals surface area (Å²) >= 11 is 5.87. The molecule has 2 aromatic heterocycles. The van der Waals surface area contributed by atoms with Crippen LogP contribution in [0.2, 0.25) is 5.02 Å². The van der Waals surface area contributed by atoms with E-state index < -0.39 is 21.9 Å². The highest BCUT2D eigenvalue weighted by Gasteiger charge is 2.31. The molecule has 0 atom stereocenters. The lowest BCUT2D eigenvalue weighted by atomic mass is 9.88. The van der Waals surface area contributed by atoms with Crippen molar-refractivity contribution < 1.29 is 22.4 Å². The van der Waals surface area contributed by atoms with E-state index in [9.17, 15) is 22.4 Å². The van der Waals surface area contributed by atoms with E-state index in [-0.39, 0.29) is 36.4 Å². The summed E-state index contributed by atoms with van der Waals surface area (Å²) in [5.41, 5.74) is 4.56. The van der Waals surface area contributed by atoms with E-state index in [4.69, 9.17) is 11.6 Å². The molecule has 8 rings (SSSR count). The van der Waals surface area contributed by atoms with Crippen molar-refractivity contribution in [2.45, 2.75) is 55.5 Å². The number of anilines is 2. The molecule has 13 nitrogen and oxygen atoms in total. The molecule has 0 unspecified atom stereocenters. The van der Waals surface area contributed by atoms with E-state index in [0.717, 1.165) is 60.6 Å². The Morgan fingerprint density at radius 3 is 2.33 bits per heavy atom. The molecule has 0 aliphatic carbocycles. The predicted octanol–water partition coefficient (Wildman–Crippen LogP) is 5.91. The van der Waals surface area contributed by atoms with Gasteiger partial charge in [0, 0.05) is 51.1 Å². The van der Waals surface area contributed by atoms with Crippen LogP contribution in [-0.4, -0.2) is 88.1 Å². The zero-order valence-corrected chi connectivity index (χ0v) is 31.9. The first kappa shape index (κ1) is 37.0. The molecule has 0 saturated carbocycles. The van der Waals surface area contributed by atoms with Crippen LogP contribution in [0.1, 0.15) is 49.1 Å². The molecule has 0 spiro atoms. The number of aromatic nitrogens is 4. The van der Waals surface area contributed by atoms with Crippen molar-refractivity contribution >= 4 is 56.2 Å². The van der Waals surface area contributed by atoms with Crippen molar-refractivity contribution in [2.75, 3.05) is 42.9 Å². The van der Waals surface area contributed by atoms with Gasteiger partial charge in [-0.05, 0) is 97.3 Å². The fourth-order valence-electron chi connectivity index (χ4n) is 7.80. The first-order chi connectivity index (χ1) is 26.5. The first-order valence-electron chi connectivity index (χ1n) is 18.4. The second kappa shape index (κ2) is 15.3. The Morgan fingerprint density at radius 1 is 0.891 bits per heavy atom. The number of piperidine rings is 2. The van der Waals surface area contributed by atoms with Gasteiger partial charge in [-0.15, -0.1) is 0 Å². The summed E-state index contributed by atoms with van der Waals surface area (Å²) in [6.45, 7) is 3.51. The van der Waals surface area contributed by atoms with Crippen LogP contribution in [-0.2, 0) is 28.4 Å². The van der Waals surface area contributed by atoms with Gasteiger partial charge in [0.25, 0.3) is 0 Å². The van der Waals surface area contributed by atoms with Gasteiger partial charge in [0.05, 0.1) is 27.8 Å². The third-order valence-electron chi connectivity index (χ3n) is 10.8. The highest BCUT2D eigenvalue weighted by Crippen LogP contribution is 2.34. The zero-order valence-electron chi connectivity index (χ0n) is 30.3. The minimum Gasteiger partial charge on any atom is -0.351 e. The summed E-state index contributed by atoms with van der Waals surface area (Å²) in [5.74, 6) is 0.516. The topological polar surface area (TPSA) is 146 Å². The normalized spacial score (nSPS) is 18.2. The standard InChI is InChI=1S/C39H41ClFN9O4S/c1-47-35-20-28(6-7-34(35)37(46-47)50-17-12-36(51)45-39(50)52)27-8-13-48(14-9-27)24-25-2-4-26(5-3-25)29-18-31(41)21-33(19-29)55(53,54)49-15-10-32(11-16-49)44-38-42-22-30(40)23-43-38/h2-7,18-23,27,32H,8-17,24H2,1H3,(H,42,43,44)(H,45,51,52). The number of nitrogens with one attached hydrogen (secondary N) is 2. The number of aryl methyl sites for hydroxylation is 1. The number of sulfonamides is 1. The number of fused-ring (bicyclic) bond motifs is 1. The number of amides is 3. The Kier molecular flexibility index (Phi) is 10.3. The van der Waals surface area contributed by atoms with E-state index in [2.05, 4.69) is 42.7 Å². The number of urea groups is 1. The third-order valence-corrected chi connectivity index (χ3v) is 12.9. The fourth-order valence-corrected chi connectivity index (χ4v) is 9.42. The average molecular weight is 786 g/mol. The lowest BCUT2D eigenvalue weighted by Crippen LogP contribution is -2.49. The predicted molar refractivity (Wildman–Crippen MR) is 208 cm³/mol. The molecule has 3 fully saturated rings. The number of hydrogen-bond acceptors (Lipinski definition) is 9. The van der Waals surface area contributed by atoms with Gasteiger partial charge in [-0.3, -0.25) is 24.6 Å².